The fourth-order valence-electron chi connectivity index (χ4n) is 4.52. The number of aryl methyl sites for hydroxylation is 1. The van der Waals surface area contributed by atoms with Crippen LogP contribution in [0.5, 0.6) is 11.5 Å². The second-order valence-corrected chi connectivity index (χ2v) is 10.1. The topological polar surface area (TPSA) is 76.2 Å². The molecule has 3 heterocycles. The third-order valence-corrected chi connectivity index (χ3v) is 7.50. The van der Waals surface area contributed by atoms with Crippen molar-refractivity contribution in [2.75, 3.05) is 29.7 Å². The van der Waals surface area contributed by atoms with Gasteiger partial charge in [0.25, 0.3) is 0 Å². The van der Waals surface area contributed by atoms with Gasteiger partial charge in [0.05, 0.1) is 24.1 Å². The van der Waals surface area contributed by atoms with Gasteiger partial charge in [0.1, 0.15) is 0 Å². The highest BCUT2D eigenvalue weighted by molar-refractivity contribution is 7.91. The van der Waals surface area contributed by atoms with Gasteiger partial charge >= 0.3 is 0 Å². The molecule has 2 atom stereocenters. The Bertz CT molecular complexity index is 1080. The minimum absolute atomic E-state index is 0.00497. The maximum Gasteiger partial charge on any atom is 0.241 e. The molecule has 152 valence electrons. The van der Waals surface area contributed by atoms with Crippen molar-refractivity contribution in [2.24, 2.45) is 0 Å². The summed E-state index contributed by atoms with van der Waals surface area (Å²) in [7, 11) is -3.22. The van der Waals surface area contributed by atoms with E-state index in [9.17, 15) is 13.2 Å². The number of amides is 1. The van der Waals surface area contributed by atoms with Crippen molar-refractivity contribution in [1.82, 2.24) is 4.90 Å². The second-order valence-electron chi connectivity index (χ2n) is 7.91. The van der Waals surface area contributed by atoms with E-state index in [4.69, 9.17) is 9.47 Å². The molecule has 2 saturated heterocycles. The molecule has 29 heavy (non-hydrogen) atoms. The van der Waals surface area contributed by atoms with Gasteiger partial charge in [-0.15, -0.1) is 0 Å². The minimum Gasteiger partial charge on any atom is -0.454 e. The SMILES string of the molecule is Cc1cccc(N2C(=O)CN(Cc3ccc4c(c3)OCO4)[C@H]3CS(=O)(=O)C[C@H]32)c1. The van der Waals surface area contributed by atoms with E-state index < -0.39 is 9.84 Å². The van der Waals surface area contributed by atoms with Crippen LogP contribution in [0.15, 0.2) is 42.5 Å². The Balaban J connectivity index is 1.46. The zero-order chi connectivity index (χ0) is 20.2. The monoisotopic (exact) mass is 414 g/mol. The summed E-state index contributed by atoms with van der Waals surface area (Å²) in [4.78, 5) is 16.8. The van der Waals surface area contributed by atoms with Crippen LogP contribution in [0.3, 0.4) is 0 Å². The summed E-state index contributed by atoms with van der Waals surface area (Å²) in [6.07, 6.45) is 0. The highest BCUT2D eigenvalue weighted by atomic mass is 32.2. The van der Waals surface area contributed by atoms with E-state index in [0.29, 0.717) is 18.0 Å². The molecule has 1 amide bonds. The first kappa shape index (κ1) is 18.4. The van der Waals surface area contributed by atoms with Crippen molar-refractivity contribution in [3.05, 3.63) is 53.6 Å². The van der Waals surface area contributed by atoms with Gasteiger partial charge < -0.3 is 14.4 Å². The molecular formula is C21H22N2O5S. The third kappa shape index (κ3) is 3.36. The first-order chi connectivity index (χ1) is 13.9. The van der Waals surface area contributed by atoms with Crippen LogP contribution in [0.25, 0.3) is 0 Å². The molecule has 2 aromatic carbocycles. The number of nitrogens with zero attached hydrogens (tertiary/aromatic N) is 2. The number of ether oxygens (including phenoxy) is 2. The van der Waals surface area contributed by atoms with Gasteiger partial charge in [-0.3, -0.25) is 9.69 Å². The number of anilines is 1. The van der Waals surface area contributed by atoms with E-state index in [1.165, 1.54) is 0 Å². The van der Waals surface area contributed by atoms with Crippen molar-refractivity contribution in [2.45, 2.75) is 25.6 Å². The fourth-order valence-corrected chi connectivity index (χ4v) is 6.50. The summed E-state index contributed by atoms with van der Waals surface area (Å²) in [5, 5.41) is 0. The van der Waals surface area contributed by atoms with Crippen LogP contribution < -0.4 is 14.4 Å². The van der Waals surface area contributed by atoms with Gasteiger partial charge in [-0.2, -0.15) is 0 Å². The standard InChI is InChI=1S/C21H22N2O5S/c1-14-3-2-4-16(7-14)23-18-12-29(25,26)11-17(18)22(10-21(23)24)9-15-5-6-19-20(8-15)28-13-27-19/h2-8,17-18H,9-13H2,1H3/t17-,18+/m0/s1. The largest absolute Gasteiger partial charge is 0.454 e. The van der Waals surface area contributed by atoms with E-state index in [-0.39, 0.29) is 42.8 Å². The van der Waals surface area contributed by atoms with Crippen LogP contribution >= 0.6 is 0 Å². The highest BCUT2D eigenvalue weighted by Crippen LogP contribution is 2.35. The van der Waals surface area contributed by atoms with Gasteiger partial charge in [0, 0.05) is 18.3 Å². The Kier molecular flexibility index (Phi) is 4.29. The summed E-state index contributed by atoms with van der Waals surface area (Å²) in [6, 6.07) is 12.8. The minimum atomic E-state index is -3.22. The maximum absolute atomic E-state index is 13.1. The normalized spacial score (nSPS) is 25.3. The summed E-state index contributed by atoms with van der Waals surface area (Å²) in [5.74, 6) is 1.38. The van der Waals surface area contributed by atoms with Crippen LogP contribution in [-0.4, -0.2) is 56.2 Å². The molecule has 2 fully saturated rings. The molecule has 5 rings (SSSR count). The molecule has 2 aromatic rings. The van der Waals surface area contributed by atoms with E-state index in [1.807, 2.05) is 54.3 Å². The number of hydrogen-bond acceptors (Lipinski definition) is 6. The number of hydrogen-bond donors (Lipinski definition) is 0. The number of fused-ring (bicyclic) bond motifs is 2. The average molecular weight is 414 g/mol. The van der Waals surface area contributed by atoms with Crippen LogP contribution in [0.4, 0.5) is 5.69 Å². The Morgan fingerprint density at radius 2 is 1.83 bits per heavy atom. The van der Waals surface area contributed by atoms with Crippen LogP contribution in [0.1, 0.15) is 11.1 Å². The Morgan fingerprint density at radius 1 is 1.03 bits per heavy atom. The molecule has 0 aliphatic carbocycles. The lowest BCUT2D eigenvalue weighted by molar-refractivity contribution is -0.123. The Morgan fingerprint density at radius 3 is 2.66 bits per heavy atom. The fraction of sp³-hybridized carbons (Fsp3) is 0.381. The molecular weight excluding hydrogens is 392 g/mol. The summed E-state index contributed by atoms with van der Waals surface area (Å²) < 4.78 is 35.8. The first-order valence-corrected chi connectivity index (χ1v) is 11.4. The van der Waals surface area contributed by atoms with E-state index in [1.54, 1.807) is 4.90 Å². The highest BCUT2D eigenvalue weighted by Gasteiger charge is 2.49. The quantitative estimate of drug-likeness (QED) is 0.762. The van der Waals surface area contributed by atoms with E-state index in [0.717, 1.165) is 16.8 Å². The summed E-state index contributed by atoms with van der Waals surface area (Å²) >= 11 is 0. The van der Waals surface area contributed by atoms with Crippen molar-refractivity contribution >= 4 is 21.4 Å². The molecule has 0 N–H and O–H groups in total. The van der Waals surface area contributed by atoms with Crippen molar-refractivity contribution in [3.8, 4) is 11.5 Å². The van der Waals surface area contributed by atoms with Crippen molar-refractivity contribution < 1.29 is 22.7 Å². The molecule has 0 radical (unpaired) electrons. The van der Waals surface area contributed by atoms with Gasteiger partial charge in [-0.25, -0.2) is 8.42 Å². The number of carbonyl (C=O) groups is 1. The van der Waals surface area contributed by atoms with Crippen LogP contribution in [-0.2, 0) is 21.2 Å². The average Bonchev–Trinajstić information content (AvgIpc) is 3.24. The Hall–Kier alpha value is -2.58. The van der Waals surface area contributed by atoms with Gasteiger partial charge in [-0.05, 0) is 42.3 Å². The molecule has 0 aromatic heterocycles. The molecule has 0 spiro atoms. The van der Waals surface area contributed by atoms with E-state index in [2.05, 4.69) is 0 Å². The summed E-state index contributed by atoms with van der Waals surface area (Å²) in [5.41, 5.74) is 2.77. The number of carbonyl (C=O) groups excluding carboxylic acids is 1. The number of rotatable bonds is 3. The molecule has 3 aliphatic heterocycles. The zero-order valence-corrected chi connectivity index (χ0v) is 16.9. The molecule has 0 bridgehead atoms. The predicted octanol–water partition coefficient (Wildman–Crippen LogP) is 1.74. The number of piperazine rings is 1. The molecule has 7 nitrogen and oxygen atoms in total. The molecule has 0 saturated carbocycles. The lowest BCUT2D eigenvalue weighted by Gasteiger charge is -2.43. The van der Waals surface area contributed by atoms with Crippen molar-refractivity contribution in [1.29, 1.82) is 0 Å². The van der Waals surface area contributed by atoms with Crippen LogP contribution in [0.2, 0.25) is 0 Å². The van der Waals surface area contributed by atoms with Gasteiger partial charge in [-0.1, -0.05) is 18.2 Å². The van der Waals surface area contributed by atoms with Gasteiger partial charge in [0.2, 0.25) is 12.7 Å². The number of sulfone groups is 1. The van der Waals surface area contributed by atoms with Crippen molar-refractivity contribution in [3.63, 3.8) is 0 Å². The first-order valence-electron chi connectivity index (χ1n) is 9.61. The molecule has 0 unspecified atom stereocenters. The summed E-state index contributed by atoms with van der Waals surface area (Å²) in [6.45, 7) is 2.84. The van der Waals surface area contributed by atoms with E-state index >= 15 is 0 Å². The second kappa shape index (κ2) is 6.74. The lowest BCUT2D eigenvalue weighted by atomic mass is 10.0. The zero-order valence-electron chi connectivity index (χ0n) is 16.1. The predicted molar refractivity (Wildman–Crippen MR) is 108 cm³/mol. The van der Waals surface area contributed by atoms with Gasteiger partial charge in [0.15, 0.2) is 21.3 Å². The maximum atomic E-state index is 13.1. The molecule has 8 heteroatoms. The third-order valence-electron chi connectivity index (χ3n) is 5.80. The number of benzene rings is 2. The smallest absolute Gasteiger partial charge is 0.241 e. The lowest BCUT2D eigenvalue weighted by Crippen LogP contribution is -2.61. The van der Waals surface area contributed by atoms with Crippen LogP contribution in [0, 0.1) is 6.92 Å². The Labute approximate surface area is 169 Å². The molecule has 3 aliphatic rings.